The van der Waals surface area contributed by atoms with Crippen molar-refractivity contribution >= 4 is 0 Å². The van der Waals surface area contributed by atoms with Crippen molar-refractivity contribution in [3.63, 3.8) is 0 Å². The molecular formula is C6H10N2O. The lowest BCUT2D eigenvalue weighted by Crippen LogP contribution is -1.94. The molecule has 9 heavy (non-hydrogen) atoms. The minimum Gasteiger partial charge on any atom is -0.506 e. The summed E-state index contributed by atoms with van der Waals surface area (Å²) in [5, 5.41) is 8.69. The SMILES string of the molecule is C=C/C(N)=C\C(O)=C/N. The molecule has 0 aliphatic carbocycles. The highest BCUT2D eigenvalue weighted by Crippen LogP contribution is 1.91. The molecule has 0 heterocycles. The van der Waals surface area contributed by atoms with Crippen molar-refractivity contribution in [2.45, 2.75) is 0 Å². The van der Waals surface area contributed by atoms with Gasteiger partial charge in [-0.3, -0.25) is 0 Å². The Morgan fingerprint density at radius 3 is 2.44 bits per heavy atom. The maximum absolute atomic E-state index is 8.69. The Labute approximate surface area is 54.0 Å². The molecule has 0 fully saturated rings. The van der Waals surface area contributed by atoms with E-state index in [9.17, 15) is 0 Å². The van der Waals surface area contributed by atoms with Crippen LogP contribution in [0.1, 0.15) is 0 Å². The van der Waals surface area contributed by atoms with Crippen molar-refractivity contribution < 1.29 is 5.11 Å². The Morgan fingerprint density at radius 1 is 1.56 bits per heavy atom. The number of nitrogens with two attached hydrogens (primary N) is 2. The zero-order valence-corrected chi connectivity index (χ0v) is 5.04. The molecule has 0 aromatic carbocycles. The van der Waals surface area contributed by atoms with E-state index in [0.717, 1.165) is 6.20 Å². The number of aliphatic hydroxyl groups excluding tert-OH is 1. The van der Waals surface area contributed by atoms with E-state index in [4.69, 9.17) is 16.6 Å². The van der Waals surface area contributed by atoms with Crippen molar-refractivity contribution in [2.24, 2.45) is 11.5 Å². The summed E-state index contributed by atoms with van der Waals surface area (Å²) in [5.74, 6) is -0.0626. The van der Waals surface area contributed by atoms with Crippen LogP contribution in [0.2, 0.25) is 0 Å². The van der Waals surface area contributed by atoms with Crippen LogP contribution < -0.4 is 11.5 Å². The molecule has 3 nitrogen and oxygen atoms in total. The first-order chi connectivity index (χ1) is 4.20. The second-order valence-electron chi connectivity index (χ2n) is 1.44. The van der Waals surface area contributed by atoms with Gasteiger partial charge in [-0.1, -0.05) is 6.58 Å². The van der Waals surface area contributed by atoms with Crippen LogP contribution in [0.4, 0.5) is 0 Å². The molecule has 0 saturated carbocycles. The first kappa shape index (κ1) is 7.62. The monoisotopic (exact) mass is 126 g/mol. The molecule has 0 aliphatic heterocycles. The van der Waals surface area contributed by atoms with Crippen molar-refractivity contribution in [3.8, 4) is 0 Å². The molecule has 0 aromatic rings. The first-order valence-corrected chi connectivity index (χ1v) is 2.41. The lowest BCUT2D eigenvalue weighted by atomic mass is 10.4. The number of rotatable bonds is 2. The molecule has 0 rings (SSSR count). The maximum atomic E-state index is 8.69. The summed E-state index contributed by atoms with van der Waals surface area (Å²) in [5.41, 5.74) is 10.5. The lowest BCUT2D eigenvalue weighted by molar-refractivity contribution is 0.430. The highest BCUT2D eigenvalue weighted by atomic mass is 16.3. The van der Waals surface area contributed by atoms with E-state index < -0.39 is 0 Å². The molecule has 0 bridgehead atoms. The molecule has 0 saturated heterocycles. The van der Waals surface area contributed by atoms with Gasteiger partial charge in [0.15, 0.2) is 0 Å². The lowest BCUT2D eigenvalue weighted by Gasteiger charge is -1.89. The summed E-state index contributed by atoms with van der Waals surface area (Å²) >= 11 is 0. The van der Waals surface area contributed by atoms with Crippen LogP contribution >= 0.6 is 0 Å². The Morgan fingerprint density at radius 2 is 2.11 bits per heavy atom. The average molecular weight is 126 g/mol. The second kappa shape index (κ2) is 3.60. The second-order valence-corrected chi connectivity index (χ2v) is 1.44. The van der Waals surface area contributed by atoms with Gasteiger partial charge < -0.3 is 16.6 Å². The fourth-order valence-electron chi connectivity index (χ4n) is 0.278. The Bertz CT molecular complexity index is 158. The summed E-state index contributed by atoms with van der Waals surface area (Å²) in [6.45, 7) is 3.38. The van der Waals surface area contributed by atoms with Crippen molar-refractivity contribution in [1.82, 2.24) is 0 Å². The molecule has 0 spiro atoms. The molecule has 0 unspecified atom stereocenters. The zero-order valence-electron chi connectivity index (χ0n) is 5.04. The average Bonchev–Trinajstić information content (AvgIpc) is 1.87. The van der Waals surface area contributed by atoms with E-state index in [2.05, 4.69) is 6.58 Å². The predicted octanol–water partition coefficient (Wildman–Crippen LogP) is 0.373. The predicted molar refractivity (Wildman–Crippen MR) is 37.4 cm³/mol. The minimum atomic E-state index is -0.0626. The Balaban J connectivity index is 4.11. The molecule has 0 amide bonds. The van der Waals surface area contributed by atoms with E-state index in [-0.39, 0.29) is 5.76 Å². The van der Waals surface area contributed by atoms with E-state index >= 15 is 0 Å². The van der Waals surface area contributed by atoms with Gasteiger partial charge in [0.05, 0.1) is 0 Å². The van der Waals surface area contributed by atoms with Crippen LogP contribution in [0.3, 0.4) is 0 Å². The molecule has 0 atom stereocenters. The van der Waals surface area contributed by atoms with Gasteiger partial charge in [0, 0.05) is 18.0 Å². The molecule has 50 valence electrons. The molecule has 0 aliphatic rings. The molecule has 0 aromatic heterocycles. The topological polar surface area (TPSA) is 72.3 Å². The fraction of sp³-hybridized carbons (Fsp3) is 0. The van der Waals surface area contributed by atoms with E-state index in [1.807, 2.05) is 0 Å². The number of aliphatic hydroxyl groups is 1. The van der Waals surface area contributed by atoms with Gasteiger partial charge in [-0.15, -0.1) is 0 Å². The van der Waals surface area contributed by atoms with Gasteiger partial charge in [0.1, 0.15) is 5.76 Å². The van der Waals surface area contributed by atoms with E-state index in [0.29, 0.717) is 5.70 Å². The van der Waals surface area contributed by atoms with Crippen LogP contribution in [0, 0.1) is 0 Å². The van der Waals surface area contributed by atoms with Crippen molar-refractivity contribution in [3.05, 3.63) is 36.4 Å². The Kier molecular flexibility index (Phi) is 3.05. The van der Waals surface area contributed by atoms with Gasteiger partial charge in [-0.05, 0) is 6.08 Å². The van der Waals surface area contributed by atoms with Crippen molar-refractivity contribution in [2.75, 3.05) is 0 Å². The van der Waals surface area contributed by atoms with Gasteiger partial charge in [-0.2, -0.15) is 0 Å². The van der Waals surface area contributed by atoms with Crippen LogP contribution in [0.25, 0.3) is 0 Å². The smallest absolute Gasteiger partial charge is 0.133 e. The molecular weight excluding hydrogens is 116 g/mol. The highest BCUT2D eigenvalue weighted by molar-refractivity contribution is 5.21. The standard InChI is InChI=1S/C6H10N2O/c1-2-5(8)3-6(9)4-7/h2-4,9H,1,7-8H2/b5-3+,6-4+. The normalized spacial score (nSPS) is 13.3. The third-order valence-electron chi connectivity index (χ3n) is 0.721. The van der Waals surface area contributed by atoms with Crippen LogP contribution in [0.5, 0.6) is 0 Å². The molecule has 3 heteroatoms. The highest BCUT2D eigenvalue weighted by Gasteiger charge is 1.83. The van der Waals surface area contributed by atoms with Crippen LogP contribution in [-0.2, 0) is 0 Å². The third-order valence-corrected chi connectivity index (χ3v) is 0.721. The van der Waals surface area contributed by atoms with E-state index in [1.165, 1.54) is 12.2 Å². The first-order valence-electron chi connectivity index (χ1n) is 2.41. The number of hydrogen-bond acceptors (Lipinski definition) is 3. The summed E-state index contributed by atoms with van der Waals surface area (Å²) in [4.78, 5) is 0. The van der Waals surface area contributed by atoms with Gasteiger partial charge in [0.2, 0.25) is 0 Å². The van der Waals surface area contributed by atoms with Crippen molar-refractivity contribution in [1.29, 1.82) is 0 Å². The van der Waals surface area contributed by atoms with Gasteiger partial charge in [0.25, 0.3) is 0 Å². The summed E-state index contributed by atoms with van der Waals surface area (Å²) in [6, 6.07) is 0. The minimum absolute atomic E-state index is 0.0626. The summed E-state index contributed by atoms with van der Waals surface area (Å²) in [7, 11) is 0. The number of hydrogen-bond donors (Lipinski definition) is 3. The number of allylic oxidation sites excluding steroid dienone is 2. The molecule has 5 N–H and O–H groups in total. The largest absolute Gasteiger partial charge is 0.506 e. The van der Waals surface area contributed by atoms with Gasteiger partial charge >= 0.3 is 0 Å². The summed E-state index contributed by atoms with van der Waals surface area (Å²) in [6.07, 6.45) is 3.78. The third kappa shape index (κ3) is 3.22. The van der Waals surface area contributed by atoms with Gasteiger partial charge in [-0.25, -0.2) is 0 Å². The quantitative estimate of drug-likeness (QED) is 0.370. The maximum Gasteiger partial charge on any atom is 0.133 e. The molecule has 0 radical (unpaired) electrons. The fourth-order valence-corrected chi connectivity index (χ4v) is 0.278. The summed E-state index contributed by atoms with van der Waals surface area (Å²) < 4.78 is 0. The zero-order chi connectivity index (χ0) is 7.28. The van der Waals surface area contributed by atoms with E-state index in [1.54, 1.807) is 0 Å². The van der Waals surface area contributed by atoms with Crippen LogP contribution in [-0.4, -0.2) is 5.11 Å². The Hall–Kier alpha value is -1.38. The van der Waals surface area contributed by atoms with Crippen LogP contribution in [0.15, 0.2) is 36.4 Å².